The van der Waals surface area contributed by atoms with Crippen LogP contribution in [0.15, 0.2) is 73.1 Å². The molecule has 0 aliphatic heterocycles. The Morgan fingerprint density at radius 3 is 2.70 bits per heavy atom. The third-order valence-electron chi connectivity index (χ3n) is 5.03. The highest BCUT2D eigenvalue weighted by atomic mass is 79.9. The molecule has 0 spiro atoms. The maximum absolute atomic E-state index is 12.5. The Hall–Kier alpha value is -3.34. The summed E-state index contributed by atoms with van der Waals surface area (Å²) in [6.07, 6.45) is 1.42. The van der Waals surface area contributed by atoms with Gasteiger partial charge in [0.05, 0.1) is 27.9 Å². The van der Waals surface area contributed by atoms with Crippen LogP contribution in [-0.2, 0) is 6.61 Å². The first-order valence-electron chi connectivity index (χ1n) is 10.9. The largest absolute Gasteiger partial charge is 0.490 e. The molecule has 11 heteroatoms. The fourth-order valence-electron chi connectivity index (χ4n) is 3.42. The third kappa shape index (κ3) is 6.51. The number of nitrogens with one attached hydrogen (secondary N) is 1. The number of carbonyl (C=O) groups excluding carboxylic acids is 1. The third-order valence-corrected chi connectivity index (χ3v) is 6.36. The average Bonchev–Trinajstić information content (AvgIpc) is 3.28. The highest BCUT2D eigenvalue weighted by Gasteiger charge is 2.15. The molecule has 0 saturated carbocycles. The fourth-order valence-corrected chi connectivity index (χ4v) is 5.04. The molecule has 0 aliphatic rings. The van der Waals surface area contributed by atoms with E-state index in [2.05, 4.69) is 42.4 Å². The quantitative estimate of drug-likeness (QED) is 0.148. The van der Waals surface area contributed by atoms with Crippen LogP contribution in [0.2, 0.25) is 5.02 Å². The summed E-state index contributed by atoms with van der Waals surface area (Å²) in [5.74, 6) is -0.744. The van der Waals surface area contributed by atoms with Gasteiger partial charge in [-0.05, 0) is 76.4 Å². The lowest BCUT2D eigenvalue weighted by atomic mass is 10.1. The minimum absolute atomic E-state index is 0.0919. The number of hydrogen-bond donors (Lipinski definition) is 2. The molecule has 3 aromatic carbocycles. The normalized spacial score (nSPS) is 11.1. The van der Waals surface area contributed by atoms with Crippen molar-refractivity contribution in [1.29, 1.82) is 0 Å². The van der Waals surface area contributed by atoms with E-state index in [0.717, 1.165) is 14.3 Å². The second-order valence-corrected chi connectivity index (χ2v) is 9.85. The number of carbonyl (C=O) groups is 2. The molecule has 1 amide bonds. The summed E-state index contributed by atoms with van der Waals surface area (Å²) < 4.78 is 18.8. The number of furan rings is 1. The molecule has 37 heavy (non-hydrogen) atoms. The van der Waals surface area contributed by atoms with E-state index in [1.165, 1.54) is 18.3 Å². The van der Waals surface area contributed by atoms with Crippen LogP contribution < -0.4 is 14.9 Å². The van der Waals surface area contributed by atoms with E-state index in [4.69, 9.17) is 25.5 Å². The van der Waals surface area contributed by atoms with Crippen molar-refractivity contribution in [1.82, 2.24) is 5.43 Å². The number of nitrogens with zero attached hydrogens (tertiary/aromatic N) is 1. The molecule has 0 bridgehead atoms. The molecule has 1 aromatic heterocycles. The van der Waals surface area contributed by atoms with Gasteiger partial charge in [-0.15, -0.1) is 0 Å². The Balaban J connectivity index is 1.48. The van der Waals surface area contributed by atoms with E-state index in [1.54, 1.807) is 30.3 Å². The lowest BCUT2D eigenvalue weighted by Gasteiger charge is -2.14. The first-order chi connectivity index (χ1) is 17.7. The Morgan fingerprint density at radius 2 is 1.95 bits per heavy atom. The minimum Gasteiger partial charge on any atom is -0.490 e. The summed E-state index contributed by atoms with van der Waals surface area (Å²) in [6.45, 7) is 2.27. The lowest BCUT2D eigenvalue weighted by Crippen LogP contribution is -2.16. The highest BCUT2D eigenvalue weighted by Crippen LogP contribution is 2.37. The van der Waals surface area contributed by atoms with Crippen molar-refractivity contribution < 1.29 is 28.6 Å². The molecule has 4 aromatic rings. The molecule has 0 radical (unpaired) electrons. The standard InChI is InChI=1S/C26H19Br2ClN2O6/c1-2-35-21-8-15(7-20(29)24(21)36-13-14-4-3-5-16(6-14)26(33)34)12-30-31-25(32)22-10-17-9-18(27)11-19(28)23(17)37-22/h3-12H,2,13H2,1H3,(H,31,32)(H,33,34)/b30-12-. The molecule has 0 atom stereocenters. The van der Waals surface area contributed by atoms with E-state index < -0.39 is 11.9 Å². The maximum atomic E-state index is 12.5. The van der Waals surface area contributed by atoms with Gasteiger partial charge in [0.2, 0.25) is 0 Å². The molecular formula is C26H19Br2ClN2O6. The molecule has 0 aliphatic carbocycles. The average molecular weight is 651 g/mol. The molecule has 0 fully saturated rings. The monoisotopic (exact) mass is 648 g/mol. The van der Waals surface area contributed by atoms with Gasteiger partial charge in [0, 0.05) is 9.86 Å². The summed E-state index contributed by atoms with van der Waals surface area (Å²) in [5.41, 5.74) is 4.37. The molecule has 8 nitrogen and oxygen atoms in total. The van der Waals surface area contributed by atoms with Crippen LogP contribution in [0.4, 0.5) is 0 Å². The second kappa shape index (κ2) is 11.8. The zero-order chi connectivity index (χ0) is 26.5. The summed E-state index contributed by atoms with van der Waals surface area (Å²) in [6, 6.07) is 15.0. The second-order valence-electron chi connectivity index (χ2n) is 7.67. The van der Waals surface area contributed by atoms with Crippen LogP contribution >= 0.6 is 43.5 Å². The Morgan fingerprint density at radius 1 is 1.14 bits per heavy atom. The minimum atomic E-state index is -1.02. The number of hydrogen-bond acceptors (Lipinski definition) is 6. The van der Waals surface area contributed by atoms with E-state index >= 15 is 0 Å². The van der Waals surface area contributed by atoms with E-state index in [9.17, 15) is 14.7 Å². The number of aromatic carboxylic acids is 1. The highest BCUT2D eigenvalue weighted by molar-refractivity contribution is 9.11. The summed E-state index contributed by atoms with van der Waals surface area (Å²) in [7, 11) is 0. The molecule has 2 N–H and O–H groups in total. The lowest BCUT2D eigenvalue weighted by molar-refractivity contribution is 0.0696. The smallest absolute Gasteiger partial charge is 0.335 e. The van der Waals surface area contributed by atoms with Crippen molar-refractivity contribution in [2.45, 2.75) is 13.5 Å². The number of ether oxygens (including phenoxy) is 2. The van der Waals surface area contributed by atoms with Gasteiger partial charge in [-0.3, -0.25) is 4.79 Å². The number of amides is 1. The number of fused-ring (bicyclic) bond motifs is 1. The summed E-state index contributed by atoms with van der Waals surface area (Å²) in [4.78, 5) is 23.7. The number of halogens is 3. The maximum Gasteiger partial charge on any atom is 0.335 e. The van der Waals surface area contributed by atoms with Crippen molar-refractivity contribution in [2.75, 3.05) is 6.61 Å². The molecule has 4 rings (SSSR count). The van der Waals surface area contributed by atoms with Crippen LogP contribution in [0.25, 0.3) is 11.0 Å². The SMILES string of the molecule is CCOc1cc(/C=N\NC(=O)c2cc3cc(Br)cc(Br)c3o2)cc(Cl)c1OCc1cccc(C(=O)O)c1. The van der Waals surface area contributed by atoms with Crippen LogP contribution in [0.1, 0.15) is 39.0 Å². The van der Waals surface area contributed by atoms with Gasteiger partial charge in [0.1, 0.15) is 12.2 Å². The van der Waals surface area contributed by atoms with Gasteiger partial charge >= 0.3 is 11.9 Å². The molecule has 190 valence electrons. The fraction of sp³-hybridized carbons (Fsp3) is 0.115. The zero-order valence-electron chi connectivity index (χ0n) is 19.3. The van der Waals surface area contributed by atoms with Crippen LogP contribution in [0.3, 0.4) is 0 Å². The summed E-state index contributed by atoms with van der Waals surface area (Å²) >= 11 is 13.3. The topological polar surface area (TPSA) is 110 Å². The first kappa shape index (κ1) is 26.7. The number of carboxylic acids is 1. The van der Waals surface area contributed by atoms with Gasteiger partial charge in [-0.25, -0.2) is 10.2 Å². The summed E-state index contributed by atoms with van der Waals surface area (Å²) in [5, 5.41) is 14.2. The van der Waals surface area contributed by atoms with Crippen LogP contribution in [0, 0.1) is 0 Å². The van der Waals surface area contributed by atoms with Crippen molar-refractivity contribution in [2.24, 2.45) is 5.10 Å². The Bertz CT molecular complexity index is 1520. The van der Waals surface area contributed by atoms with Gasteiger partial charge in [-0.2, -0.15) is 5.10 Å². The van der Waals surface area contributed by atoms with Crippen molar-refractivity contribution >= 4 is 72.5 Å². The van der Waals surface area contributed by atoms with Crippen molar-refractivity contribution in [3.63, 3.8) is 0 Å². The predicted molar refractivity (Wildman–Crippen MR) is 147 cm³/mol. The zero-order valence-corrected chi connectivity index (χ0v) is 23.2. The Labute approximate surface area is 233 Å². The molecule has 0 unspecified atom stereocenters. The number of hydrazone groups is 1. The van der Waals surface area contributed by atoms with E-state index in [1.807, 2.05) is 19.1 Å². The van der Waals surface area contributed by atoms with Crippen LogP contribution in [0.5, 0.6) is 11.5 Å². The van der Waals surface area contributed by atoms with Crippen LogP contribution in [-0.4, -0.2) is 29.8 Å². The number of rotatable bonds is 9. The van der Waals surface area contributed by atoms with Crippen molar-refractivity contribution in [3.8, 4) is 11.5 Å². The van der Waals surface area contributed by atoms with E-state index in [-0.39, 0.29) is 23.0 Å². The van der Waals surface area contributed by atoms with Gasteiger partial charge in [0.15, 0.2) is 17.3 Å². The number of carboxylic acid groups (broad SMARTS) is 1. The first-order valence-corrected chi connectivity index (χ1v) is 12.8. The van der Waals surface area contributed by atoms with Gasteiger partial charge in [-0.1, -0.05) is 39.7 Å². The van der Waals surface area contributed by atoms with Gasteiger partial charge < -0.3 is 19.0 Å². The molecule has 0 saturated heterocycles. The van der Waals surface area contributed by atoms with Gasteiger partial charge in [0.25, 0.3) is 0 Å². The molecular weight excluding hydrogens is 632 g/mol. The molecule has 1 heterocycles. The Kier molecular flexibility index (Phi) is 8.52. The number of benzene rings is 3. The van der Waals surface area contributed by atoms with Crippen molar-refractivity contribution in [3.05, 3.63) is 91.0 Å². The van der Waals surface area contributed by atoms with E-state index in [0.29, 0.717) is 34.8 Å². The predicted octanol–water partition coefficient (Wildman–Crippen LogP) is 7.05.